The molecule has 0 bridgehead atoms. The maximum atomic E-state index is 14.0. The van der Waals surface area contributed by atoms with Crippen molar-refractivity contribution in [3.8, 4) is 5.75 Å². The van der Waals surface area contributed by atoms with Gasteiger partial charge in [0.1, 0.15) is 12.7 Å². The van der Waals surface area contributed by atoms with E-state index >= 15 is 0 Å². The minimum atomic E-state index is -4.76. The van der Waals surface area contributed by atoms with Crippen LogP contribution in [0.5, 0.6) is 5.75 Å². The van der Waals surface area contributed by atoms with Crippen molar-refractivity contribution in [3.63, 3.8) is 0 Å². The van der Waals surface area contributed by atoms with Crippen LogP contribution in [0.15, 0.2) is 64.4 Å². The van der Waals surface area contributed by atoms with E-state index in [2.05, 4.69) is 0 Å². The molecular weight excluding hydrogens is 575 g/mol. The largest absolute Gasteiger partial charge is 0.412 e. The van der Waals surface area contributed by atoms with Gasteiger partial charge in [0.15, 0.2) is 5.69 Å². The summed E-state index contributed by atoms with van der Waals surface area (Å²) in [7, 11) is 0. The molecule has 0 saturated carbocycles. The van der Waals surface area contributed by atoms with Crippen LogP contribution < -0.4 is 15.2 Å². The summed E-state index contributed by atoms with van der Waals surface area (Å²) in [6.07, 6.45) is -2.03. The number of amides is 1. The summed E-state index contributed by atoms with van der Waals surface area (Å²) in [6, 6.07) is 11.0. The van der Waals surface area contributed by atoms with E-state index in [1.165, 1.54) is 17.1 Å². The van der Waals surface area contributed by atoms with E-state index in [0.717, 1.165) is 34.6 Å². The summed E-state index contributed by atoms with van der Waals surface area (Å²) < 4.78 is 48.5. The molecule has 2 aliphatic heterocycles. The van der Waals surface area contributed by atoms with Gasteiger partial charge < -0.3 is 9.64 Å². The molecule has 5 rings (SSSR count). The van der Waals surface area contributed by atoms with E-state index in [0.29, 0.717) is 27.4 Å². The van der Waals surface area contributed by atoms with Crippen molar-refractivity contribution in [2.45, 2.75) is 35.8 Å². The van der Waals surface area contributed by atoms with Crippen LogP contribution in [0.25, 0.3) is 0 Å². The van der Waals surface area contributed by atoms with E-state index in [9.17, 15) is 27.6 Å². The maximum Gasteiger partial charge on any atom is 0.408 e. The number of aromatic nitrogens is 1. The summed E-state index contributed by atoms with van der Waals surface area (Å²) in [4.78, 5) is 40.1. The van der Waals surface area contributed by atoms with E-state index in [1.54, 1.807) is 28.9 Å². The highest BCUT2D eigenvalue weighted by molar-refractivity contribution is 8.12. The van der Waals surface area contributed by atoms with Crippen LogP contribution in [-0.4, -0.2) is 45.9 Å². The second kappa shape index (κ2) is 10.5. The zero-order chi connectivity index (χ0) is 28.1. The average molecular weight is 596 g/mol. The first-order valence-electron chi connectivity index (χ1n) is 11.7. The van der Waals surface area contributed by atoms with Crippen molar-refractivity contribution in [1.29, 1.82) is 0 Å². The van der Waals surface area contributed by atoms with Gasteiger partial charge in [0.2, 0.25) is 11.2 Å². The van der Waals surface area contributed by atoms with Crippen molar-refractivity contribution in [3.05, 3.63) is 92.4 Å². The Morgan fingerprint density at radius 3 is 2.56 bits per heavy atom. The molecule has 0 saturated heterocycles. The molecule has 13 heteroatoms. The molecule has 0 fully saturated rings. The number of thioether (sulfide) groups is 2. The third kappa shape index (κ3) is 4.89. The average Bonchev–Trinajstić information content (AvgIpc) is 3.07. The number of rotatable bonds is 3. The predicted molar refractivity (Wildman–Crippen MR) is 144 cm³/mol. The molecule has 1 amide bonds. The van der Waals surface area contributed by atoms with Gasteiger partial charge in [-0.25, -0.2) is 4.79 Å². The molecule has 7 nitrogen and oxygen atoms in total. The Balaban J connectivity index is 1.80. The standard InChI is InChI=1S/C26H21ClF3N3O4S2/c1-14(26(28,29)30)31-13-33(32-11-10-19(34)23(22(32)24(31)35)37-25(36)38-2)21-15-7-5-8-18(27)17(15)12-39-20-9-4-3-6-16(20)21/h3-11,14,21H,12-13H2,1-2H3/t14-,21+/m1/s1. The van der Waals surface area contributed by atoms with Crippen molar-refractivity contribution < 1.29 is 27.5 Å². The number of nitrogens with zero attached hydrogens (tertiary/aromatic N) is 3. The fourth-order valence-corrected chi connectivity index (χ4v) is 6.35. The van der Waals surface area contributed by atoms with Gasteiger partial charge in [-0.15, -0.1) is 11.8 Å². The molecule has 0 unspecified atom stereocenters. The summed E-state index contributed by atoms with van der Waals surface area (Å²) in [5, 5.41) is 1.19. The molecule has 39 heavy (non-hydrogen) atoms. The lowest BCUT2D eigenvalue weighted by Crippen LogP contribution is -2.60. The molecular formula is C26H21ClF3N3O4S2. The van der Waals surface area contributed by atoms with Gasteiger partial charge in [-0.1, -0.05) is 41.9 Å². The zero-order valence-electron chi connectivity index (χ0n) is 20.6. The van der Waals surface area contributed by atoms with Crippen LogP contribution in [0.1, 0.15) is 40.1 Å². The quantitative estimate of drug-likeness (QED) is 0.341. The second-order valence-corrected chi connectivity index (χ2v) is 11.0. The van der Waals surface area contributed by atoms with E-state index in [-0.39, 0.29) is 0 Å². The topological polar surface area (TPSA) is 71.8 Å². The normalized spacial score (nSPS) is 17.6. The van der Waals surface area contributed by atoms with Crippen LogP contribution in [0.2, 0.25) is 5.02 Å². The zero-order valence-corrected chi connectivity index (χ0v) is 23.0. The first-order valence-corrected chi connectivity index (χ1v) is 14.3. The summed E-state index contributed by atoms with van der Waals surface area (Å²) >= 11 is 8.79. The van der Waals surface area contributed by atoms with Crippen molar-refractivity contribution >= 4 is 46.3 Å². The van der Waals surface area contributed by atoms with Gasteiger partial charge in [0.05, 0.1) is 6.04 Å². The van der Waals surface area contributed by atoms with E-state index in [4.69, 9.17) is 16.3 Å². The Hall–Kier alpha value is -3.09. The fourth-order valence-electron chi connectivity index (χ4n) is 4.71. The van der Waals surface area contributed by atoms with Gasteiger partial charge in [0, 0.05) is 27.9 Å². The number of carbonyl (C=O) groups is 2. The highest BCUT2D eigenvalue weighted by atomic mass is 35.5. The first-order chi connectivity index (χ1) is 18.5. The van der Waals surface area contributed by atoms with Gasteiger partial charge in [-0.3, -0.25) is 19.3 Å². The molecule has 0 radical (unpaired) electrons. The summed E-state index contributed by atoms with van der Waals surface area (Å²) in [5.41, 5.74) is 1.05. The molecule has 204 valence electrons. The van der Waals surface area contributed by atoms with Crippen LogP contribution in [0.3, 0.4) is 0 Å². The number of benzene rings is 2. The molecule has 3 heterocycles. The lowest BCUT2D eigenvalue weighted by atomic mass is 9.94. The third-order valence-electron chi connectivity index (χ3n) is 6.70. The number of fused-ring (bicyclic) bond motifs is 3. The number of carbonyl (C=O) groups excluding carboxylic acids is 2. The van der Waals surface area contributed by atoms with Crippen molar-refractivity contribution in [2.24, 2.45) is 0 Å². The summed E-state index contributed by atoms with van der Waals surface area (Å²) in [6.45, 7) is 0.406. The number of ether oxygens (including phenoxy) is 1. The Morgan fingerprint density at radius 1 is 1.13 bits per heavy atom. The molecule has 0 N–H and O–H groups in total. The van der Waals surface area contributed by atoms with Crippen molar-refractivity contribution in [1.82, 2.24) is 9.58 Å². The predicted octanol–water partition coefficient (Wildman–Crippen LogP) is 6.06. The highest BCUT2D eigenvalue weighted by Crippen LogP contribution is 2.45. The first kappa shape index (κ1) is 27.5. The number of hydrogen-bond acceptors (Lipinski definition) is 7. The van der Waals surface area contributed by atoms with Gasteiger partial charge >= 0.3 is 11.5 Å². The SMILES string of the molecule is CSC(=O)Oc1c2n(ccc1=O)N([C@@H]1c3ccccc3SCc3c(Cl)cccc31)CN([C@H](C)C(F)(F)F)C2=O. The second-order valence-electron chi connectivity index (χ2n) is 8.87. The third-order valence-corrected chi connectivity index (χ3v) is 8.59. The van der Waals surface area contributed by atoms with Gasteiger partial charge in [0.25, 0.3) is 5.91 Å². The molecule has 2 aromatic carbocycles. The molecule has 2 atom stereocenters. The number of hydrogen-bond donors (Lipinski definition) is 0. The van der Waals surface area contributed by atoms with E-state index < -0.39 is 53.0 Å². The molecule has 3 aromatic rings. The van der Waals surface area contributed by atoms with Crippen LogP contribution in [0.4, 0.5) is 18.0 Å². The number of alkyl halides is 3. The molecule has 0 aliphatic carbocycles. The monoisotopic (exact) mass is 595 g/mol. The smallest absolute Gasteiger partial charge is 0.408 e. The lowest BCUT2D eigenvalue weighted by molar-refractivity contribution is -0.173. The van der Waals surface area contributed by atoms with Crippen LogP contribution >= 0.6 is 35.1 Å². The molecule has 2 aliphatic rings. The van der Waals surface area contributed by atoms with Gasteiger partial charge in [-0.2, -0.15) is 13.2 Å². The number of pyridine rings is 1. The van der Waals surface area contributed by atoms with Crippen LogP contribution in [0, 0.1) is 0 Å². The Kier molecular flexibility index (Phi) is 7.38. The van der Waals surface area contributed by atoms with Gasteiger partial charge in [-0.05, 0) is 53.8 Å². The minimum absolute atomic E-state index is 0.467. The van der Waals surface area contributed by atoms with Crippen molar-refractivity contribution in [2.75, 3.05) is 17.9 Å². The van der Waals surface area contributed by atoms with E-state index in [1.807, 2.05) is 30.3 Å². The lowest BCUT2D eigenvalue weighted by Gasteiger charge is -2.46. The van der Waals surface area contributed by atoms with Crippen LogP contribution in [-0.2, 0) is 5.75 Å². The molecule has 0 spiro atoms. The number of halogens is 4. The Bertz CT molecular complexity index is 1530. The fraction of sp³-hybridized carbons (Fsp3) is 0.269. The Labute approximate surface area is 234 Å². The maximum absolute atomic E-state index is 14.0. The highest BCUT2D eigenvalue weighted by Gasteiger charge is 2.48. The Morgan fingerprint density at radius 2 is 1.85 bits per heavy atom. The minimum Gasteiger partial charge on any atom is -0.412 e. The summed E-state index contributed by atoms with van der Waals surface area (Å²) in [5.74, 6) is -1.19. The molecule has 1 aromatic heterocycles.